The van der Waals surface area contributed by atoms with E-state index in [-0.39, 0.29) is 0 Å². The molecular weight excluding hydrogens is 314 g/mol. The van der Waals surface area contributed by atoms with E-state index in [4.69, 9.17) is 4.52 Å². The Bertz CT molecular complexity index is 750. The number of hydrogen-bond donors (Lipinski definition) is 0. The first kappa shape index (κ1) is 15.3. The Kier molecular flexibility index (Phi) is 3.55. The summed E-state index contributed by atoms with van der Waals surface area (Å²) in [5.41, 5.74) is 3.54. The average molecular weight is 339 g/mol. The molecule has 1 saturated carbocycles. The third-order valence-electron chi connectivity index (χ3n) is 6.12. The average Bonchev–Trinajstić information content (AvgIpc) is 3.19. The van der Waals surface area contributed by atoms with Crippen molar-refractivity contribution in [1.82, 2.24) is 20.0 Å². The van der Waals surface area contributed by atoms with Gasteiger partial charge in [-0.3, -0.25) is 4.90 Å². The van der Waals surface area contributed by atoms with Gasteiger partial charge in [0.15, 0.2) is 0 Å². The first-order valence-corrected chi connectivity index (χ1v) is 9.38. The molecule has 4 heterocycles. The van der Waals surface area contributed by atoms with Crippen molar-refractivity contribution in [3.8, 4) is 0 Å². The zero-order valence-electron chi connectivity index (χ0n) is 15.0. The van der Waals surface area contributed by atoms with Gasteiger partial charge in [0.1, 0.15) is 17.9 Å². The Morgan fingerprint density at radius 2 is 1.84 bits per heavy atom. The maximum Gasteiger partial charge on any atom is 0.138 e. The lowest BCUT2D eigenvalue weighted by atomic mass is 10.0. The first-order valence-electron chi connectivity index (χ1n) is 9.38. The highest BCUT2D eigenvalue weighted by Gasteiger charge is 2.41. The number of aromatic nitrogens is 3. The lowest BCUT2D eigenvalue weighted by Gasteiger charge is -2.22. The van der Waals surface area contributed by atoms with Gasteiger partial charge < -0.3 is 9.42 Å². The second-order valence-corrected chi connectivity index (χ2v) is 8.00. The van der Waals surface area contributed by atoms with E-state index in [1.165, 1.54) is 24.1 Å². The van der Waals surface area contributed by atoms with Crippen LogP contribution in [0.3, 0.4) is 0 Å². The molecule has 2 unspecified atom stereocenters. The number of rotatable bonds is 4. The molecule has 2 aliphatic heterocycles. The predicted octanol–water partition coefficient (Wildman–Crippen LogP) is 2.53. The molecular formula is C19H25N5O. The van der Waals surface area contributed by atoms with Gasteiger partial charge in [0.25, 0.3) is 0 Å². The SMILES string of the molecule is Cc1noc(C)c1CN1CC2CN(c3cc(C4CC4)ncn3)CC2C1. The van der Waals surface area contributed by atoms with Gasteiger partial charge in [0.2, 0.25) is 0 Å². The Balaban J connectivity index is 1.24. The fraction of sp³-hybridized carbons (Fsp3) is 0.632. The standard InChI is InChI=1S/C19H25N5O/c1-12-17(13(2)25-22-12)10-23-6-15-8-24(9-16(15)7-23)19-5-18(14-3-4-14)20-11-21-19/h5,11,14-16H,3-4,6-10H2,1-2H3. The van der Waals surface area contributed by atoms with E-state index >= 15 is 0 Å². The second-order valence-electron chi connectivity index (χ2n) is 8.00. The summed E-state index contributed by atoms with van der Waals surface area (Å²) in [4.78, 5) is 14.0. The van der Waals surface area contributed by atoms with Gasteiger partial charge >= 0.3 is 0 Å². The summed E-state index contributed by atoms with van der Waals surface area (Å²) < 4.78 is 5.31. The van der Waals surface area contributed by atoms with Crippen molar-refractivity contribution in [1.29, 1.82) is 0 Å². The van der Waals surface area contributed by atoms with Crippen molar-refractivity contribution in [3.05, 3.63) is 35.1 Å². The van der Waals surface area contributed by atoms with E-state index in [0.29, 0.717) is 5.92 Å². The minimum Gasteiger partial charge on any atom is -0.361 e. The van der Waals surface area contributed by atoms with Gasteiger partial charge in [0, 0.05) is 56.0 Å². The zero-order valence-corrected chi connectivity index (χ0v) is 15.0. The maximum atomic E-state index is 5.31. The molecule has 5 rings (SSSR count). The molecule has 2 atom stereocenters. The van der Waals surface area contributed by atoms with Crippen LogP contribution in [0.2, 0.25) is 0 Å². The molecule has 0 radical (unpaired) electrons. The van der Waals surface area contributed by atoms with Crippen molar-refractivity contribution in [3.63, 3.8) is 0 Å². The summed E-state index contributed by atoms with van der Waals surface area (Å²) in [6.07, 6.45) is 4.33. The topological polar surface area (TPSA) is 58.3 Å². The molecule has 6 nitrogen and oxygen atoms in total. The van der Waals surface area contributed by atoms with Crippen LogP contribution in [0.4, 0.5) is 5.82 Å². The lowest BCUT2D eigenvalue weighted by Crippen LogP contribution is -2.29. The predicted molar refractivity (Wildman–Crippen MR) is 94.5 cm³/mol. The number of hydrogen-bond acceptors (Lipinski definition) is 6. The summed E-state index contributed by atoms with van der Waals surface area (Å²) in [5, 5.41) is 4.09. The van der Waals surface area contributed by atoms with Gasteiger partial charge in [-0.25, -0.2) is 9.97 Å². The normalized spacial score (nSPS) is 26.4. The molecule has 1 aliphatic carbocycles. The fourth-order valence-electron chi connectivity index (χ4n) is 4.49. The second kappa shape index (κ2) is 5.80. The monoisotopic (exact) mass is 339 g/mol. The van der Waals surface area contributed by atoms with Crippen LogP contribution in [0.25, 0.3) is 0 Å². The van der Waals surface area contributed by atoms with E-state index in [2.05, 4.69) is 31.0 Å². The highest BCUT2D eigenvalue weighted by atomic mass is 16.5. The van der Waals surface area contributed by atoms with E-state index in [0.717, 1.165) is 61.8 Å². The molecule has 0 bridgehead atoms. The van der Waals surface area contributed by atoms with E-state index in [9.17, 15) is 0 Å². The van der Waals surface area contributed by atoms with Crippen molar-refractivity contribution >= 4 is 5.82 Å². The van der Waals surface area contributed by atoms with Crippen molar-refractivity contribution in [2.75, 3.05) is 31.1 Å². The lowest BCUT2D eigenvalue weighted by molar-refractivity contribution is 0.305. The summed E-state index contributed by atoms with van der Waals surface area (Å²) in [6, 6.07) is 2.22. The smallest absolute Gasteiger partial charge is 0.138 e. The van der Waals surface area contributed by atoms with Crippen LogP contribution >= 0.6 is 0 Å². The van der Waals surface area contributed by atoms with Crippen LogP contribution < -0.4 is 4.90 Å². The van der Waals surface area contributed by atoms with Gasteiger partial charge in [0.05, 0.1) is 5.69 Å². The molecule has 3 fully saturated rings. The quantitative estimate of drug-likeness (QED) is 0.853. The van der Waals surface area contributed by atoms with Gasteiger partial charge in [-0.15, -0.1) is 0 Å². The maximum absolute atomic E-state index is 5.31. The summed E-state index contributed by atoms with van der Waals surface area (Å²) in [5.74, 6) is 4.25. The Morgan fingerprint density at radius 1 is 1.08 bits per heavy atom. The van der Waals surface area contributed by atoms with Crippen LogP contribution in [-0.4, -0.2) is 46.2 Å². The highest BCUT2D eigenvalue weighted by Crippen LogP contribution is 2.40. The Hall–Kier alpha value is -1.95. The molecule has 2 saturated heterocycles. The third-order valence-corrected chi connectivity index (χ3v) is 6.12. The minimum atomic E-state index is 0.689. The van der Waals surface area contributed by atoms with Crippen LogP contribution in [0.15, 0.2) is 16.9 Å². The summed E-state index contributed by atoms with van der Waals surface area (Å²) in [7, 11) is 0. The number of fused-ring (bicyclic) bond motifs is 1. The van der Waals surface area contributed by atoms with E-state index in [1.807, 2.05) is 13.8 Å². The van der Waals surface area contributed by atoms with Crippen LogP contribution in [0.1, 0.15) is 41.5 Å². The van der Waals surface area contributed by atoms with Crippen molar-refractivity contribution in [2.24, 2.45) is 11.8 Å². The van der Waals surface area contributed by atoms with Crippen LogP contribution in [0, 0.1) is 25.7 Å². The number of likely N-dealkylation sites (tertiary alicyclic amines) is 1. The molecule has 2 aromatic heterocycles. The molecule has 0 spiro atoms. The van der Waals surface area contributed by atoms with E-state index in [1.54, 1.807) is 6.33 Å². The molecule has 2 aromatic rings. The molecule has 25 heavy (non-hydrogen) atoms. The molecule has 0 aromatic carbocycles. The van der Waals surface area contributed by atoms with E-state index < -0.39 is 0 Å². The molecule has 3 aliphatic rings. The van der Waals surface area contributed by atoms with Gasteiger partial charge in [-0.1, -0.05) is 5.16 Å². The summed E-state index contributed by atoms with van der Waals surface area (Å²) >= 11 is 0. The van der Waals surface area contributed by atoms with Crippen molar-refractivity contribution in [2.45, 2.75) is 39.2 Å². The largest absolute Gasteiger partial charge is 0.361 e. The van der Waals surface area contributed by atoms with Crippen molar-refractivity contribution < 1.29 is 4.52 Å². The molecule has 132 valence electrons. The molecule has 0 N–H and O–H groups in total. The Morgan fingerprint density at radius 3 is 2.48 bits per heavy atom. The Labute approximate surface area is 148 Å². The number of anilines is 1. The number of aryl methyl sites for hydroxylation is 2. The fourth-order valence-corrected chi connectivity index (χ4v) is 4.49. The first-order chi connectivity index (χ1) is 12.2. The van der Waals surface area contributed by atoms with Crippen LogP contribution in [-0.2, 0) is 6.54 Å². The van der Waals surface area contributed by atoms with Gasteiger partial charge in [-0.05, 0) is 38.5 Å². The third kappa shape index (κ3) is 2.82. The zero-order chi connectivity index (χ0) is 17.0. The number of nitrogens with zero attached hydrogens (tertiary/aromatic N) is 5. The highest BCUT2D eigenvalue weighted by molar-refractivity contribution is 5.42. The molecule has 6 heteroatoms. The van der Waals surface area contributed by atoms with Gasteiger partial charge in [-0.2, -0.15) is 0 Å². The summed E-state index contributed by atoms with van der Waals surface area (Å²) in [6.45, 7) is 9.57. The minimum absolute atomic E-state index is 0.689. The molecule has 0 amide bonds. The van der Waals surface area contributed by atoms with Crippen LogP contribution in [0.5, 0.6) is 0 Å².